The molecule has 1 fully saturated rings. The van der Waals surface area contributed by atoms with Crippen molar-refractivity contribution in [3.8, 4) is 11.5 Å². The Bertz CT molecular complexity index is 1020. The van der Waals surface area contributed by atoms with E-state index in [-0.39, 0.29) is 0 Å². The van der Waals surface area contributed by atoms with E-state index in [4.69, 9.17) is 14.6 Å². The fourth-order valence-electron chi connectivity index (χ4n) is 4.10. The number of hydrogen-bond donors (Lipinski definition) is 1. The molecule has 1 N–H and O–H groups in total. The molecule has 2 aromatic carbocycles. The molecule has 1 amide bonds. The second kappa shape index (κ2) is 8.63. The van der Waals surface area contributed by atoms with E-state index in [1.807, 2.05) is 48.5 Å². The number of benzene rings is 2. The molecule has 0 spiro atoms. The van der Waals surface area contributed by atoms with Crippen LogP contribution < -0.4 is 9.47 Å². The lowest BCUT2D eigenvalue weighted by atomic mass is 9.72. The van der Waals surface area contributed by atoms with Gasteiger partial charge in [-0.1, -0.05) is 30.3 Å². The van der Waals surface area contributed by atoms with Gasteiger partial charge in [0.2, 0.25) is 0 Å². The van der Waals surface area contributed by atoms with Crippen molar-refractivity contribution < 1.29 is 19.4 Å². The average Bonchev–Trinajstić information content (AvgIpc) is 3.28. The predicted octanol–water partition coefficient (Wildman–Crippen LogP) is 2.80. The van der Waals surface area contributed by atoms with E-state index in [1.165, 1.54) is 4.90 Å². The molecule has 31 heavy (non-hydrogen) atoms. The van der Waals surface area contributed by atoms with E-state index in [2.05, 4.69) is 10.3 Å². The molecule has 2 heterocycles. The van der Waals surface area contributed by atoms with Crippen molar-refractivity contribution in [3.63, 3.8) is 0 Å². The second-order valence-corrected chi connectivity index (χ2v) is 7.58. The number of rotatable bonds is 6. The molecule has 0 unspecified atom stereocenters. The number of hydrogen-bond acceptors (Lipinski definition) is 6. The smallest absolute Gasteiger partial charge is 0.407 e. The summed E-state index contributed by atoms with van der Waals surface area (Å²) < 4.78 is 10.7. The zero-order chi connectivity index (χ0) is 21.8. The first-order valence-electron chi connectivity index (χ1n) is 10.1. The van der Waals surface area contributed by atoms with Gasteiger partial charge in [0.05, 0.1) is 26.2 Å². The molecule has 0 radical (unpaired) electrons. The monoisotopic (exact) mass is 423 g/mol. The van der Waals surface area contributed by atoms with E-state index < -0.39 is 11.5 Å². The summed E-state index contributed by atoms with van der Waals surface area (Å²) >= 11 is 0. The van der Waals surface area contributed by atoms with Crippen LogP contribution in [-0.2, 0) is 12.0 Å². The molecule has 1 aliphatic heterocycles. The lowest BCUT2D eigenvalue weighted by Crippen LogP contribution is -2.45. The average molecular weight is 423 g/mol. The molecule has 9 heteroatoms. The molecular formula is C22H25N5O4. The number of likely N-dealkylation sites (tertiary alicyclic amines) is 1. The van der Waals surface area contributed by atoms with Crippen molar-refractivity contribution in [2.24, 2.45) is 0 Å². The van der Waals surface area contributed by atoms with Crippen LogP contribution in [0.5, 0.6) is 11.5 Å². The zero-order valence-corrected chi connectivity index (χ0v) is 17.6. The van der Waals surface area contributed by atoms with Gasteiger partial charge >= 0.3 is 6.09 Å². The molecule has 0 bridgehead atoms. The van der Waals surface area contributed by atoms with Crippen molar-refractivity contribution >= 4 is 6.09 Å². The first kappa shape index (κ1) is 20.6. The summed E-state index contributed by atoms with van der Waals surface area (Å²) in [7, 11) is 3.22. The van der Waals surface area contributed by atoms with Crippen LogP contribution in [0.15, 0.2) is 48.5 Å². The highest BCUT2D eigenvalue weighted by atomic mass is 16.5. The maximum Gasteiger partial charge on any atom is 0.407 e. The first-order chi connectivity index (χ1) is 15.0. The summed E-state index contributed by atoms with van der Waals surface area (Å²) in [6.07, 6.45) is 0.300. The first-order valence-corrected chi connectivity index (χ1v) is 10.1. The molecular weight excluding hydrogens is 398 g/mol. The lowest BCUT2D eigenvalue weighted by Gasteiger charge is -2.39. The van der Waals surface area contributed by atoms with Crippen LogP contribution in [-0.4, -0.2) is 63.6 Å². The maximum atomic E-state index is 11.4. The Morgan fingerprint density at radius 2 is 1.71 bits per heavy atom. The Balaban J connectivity index is 1.64. The molecule has 0 atom stereocenters. The molecule has 0 saturated carbocycles. The number of carbonyl (C=O) groups is 1. The third-order valence-corrected chi connectivity index (χ3v) is 5.83. The normalized spacial score (nSPS) is 15.5. The largest absolute Gasteiger partial charge is 0.497 e. The third kappa shape index (κ3) is 4.16. The number of carboxylic acid groups (broad SMARTS) is 1. The summed E-state index contributed by atoms with van der Waals surface area (Å²) in [6, 6.07) is 15.6. The van der Waals surface area contributed by atoms with Crippen LogP contribution >= 0.6 is 0 Å². The van der Waals surface area contributed by atoms with Gasteiger partial charge in [0.25, 0.3) is 0 Å². The fraction of sp³-hybridized carbons (Fsp3) is 0.364. The van der Waals surface area contributed by atoms with Crippen LogP contribution in [0.4, 0.5) is 4.79 Å². The summed E-state index contributed by atoms with van der Waals surface area (Å²) in [4.78, 5) is 14.4. The molecule has 1 aromatic heterocycles. The minimum atomic E-state index is -0.898. The van der Waals surface area contributed by atoms with Gasteiger partial charge in [-0.3, -0.25) is 0 Å². The Labute approximate surface area is 180 Å². The van der Waals surface area contributed by atoms with Gasteiger partial charge in [0.1, 0.15) is 11.5 Å². The third-order valence-electron chi connectivity index (χ3n) is 5.83. The summed E-state index contributed by atoms with van der Waals surface area (Å²) in [6.45, 7) is 1.25. The van der Waals surface area contributed by atoms with Crippen molar-refractivity contribution in [1.29, 1.82) is 0 Å². The highest BCUT2D eigenvalue weighted by Crippen LogP contribution is 2.39. The van der Waals surface area contributed by atoms with Gasteiger partial charge in [-0.25, -0.2) is 4.79 Å². The molecule has 9 nitrogen and oxygen atoms in total. The van der Waals surface area contributed by atoms with E-state index in [0.717, 1.165) is 11.1 Å². The number of methoxy groups -OCH3 is 2. The molecule has 3 aromatic rings. The molecule has 4 rings (SSSR count). The minimum Gasteiger partial charge on any atom is -0.497 e. The highest BCUT2D eigenvalue weighted by Gasteiger charge is 2.42. The van der Waals surface area contributed by atoms with Crippen molar-refractivity contribution in [3.05, 3.63) is 65.5 Å². The van der Waals surface area contributed by atoms with E-state index in [1.54, 1.807) is 19.0 Å². The molecule has 162 valence electrons. The van der Waals surface area contributed by atoms with Gasteiger partial charge in [-0.15, -0.1) is 10.2 Å². The van der Waals surface area contributed by atoms with Crippen LogP contribution in [0.1, 0.15) is 29.8 Å². The van der Waals surface area contributed by atoms with Crippen LogP contribution in [0.25, 0.3) is 0 Å². The molecule has 0 aliphatic carbocycles. The number of amides is 1. The predicted molar refractivity (Wildman–Crippen MR) is 113 cm³/mol. The number of ether oxygens (including phenoxy) is 2. The van der Waals surface area contributed by atoms with Gasteiger partial charge in [-0.2, -0.15) is 4.80 Å². The zero-order valence-electron chi connectivity index (χ0n) is 17.6. The summed E-state index contributed by atoms with van der Waals surface area (Å²) in [5, 5.41) is 22.7. The van der Waals surface area contributed by atoms with Crippen molar-refractivity contribution in [2.45, 2.75) is 24.8 Å². The van der Waals surface area contributed by atoms with Crippen molar-refractivity contribution in [2.75, 3.05) is 27.3 Å². The highest BCUT2D eigenvalue weighted by molar-refractivity contribution is 5.65. The van der Waals surface area contributed by atoms with Gasteiger partial charge in [-0.05, 0) is 41.3 Å². The second-order valence-electron chi connectivity index (χ2n) is 7.58. The van der Waals surface area contributed by atoms with Gasteiger partial charge in [0, 0.05) is 19.2 Å². The van der Waals surface area contributed by atoms with Crippen molar-refractivity contribution in [1.82, 2.24) is 25.1 Å². The Morgan fingerprint density at radius 1 is 1.06 bits per heavy atom. The standard InChI is InChI=1S/C22H25N5O4/c1-30-18-12-16(13-19(14-18)31-2)15-27-24-20(23-25-27)22(17-6-4-3-5-7-17)8-10-26(11-9-22)21(28)29/h3-7,12-14H,8-11,15H2,1-2H3,(H,28,29). The Kier molecular flexibility index (Phi) is 5.75. The topological polar surface area (TPSA) is 103 Å². The number of aromatic nitrogens is 4. The Morgan fingerprint density at radius 3 is 2.29 bits per heavy atom. The van der Waals surface area contributed by atoms with Gasteiger partial charge < -0.3 is 19.5 Å². The van der Waals surface area contributed by atoms with Gasteiger partial charge in [0.15, 0.2) is 5.82 Å². The minimum absolute atomic E-state index is 0.409. The molecule has 1 saturated heterocycles. The SMILES string of the molecule is COc1cc(Cn2nnc(C3(c4ccccc4)CCN(C(=O)O)CC3)n2)cc(OC)c1. The maximum absolute atomic E-state index is 11.4. The molecule has 1 aliphatic rings. The van der Waals surface area contributed by atoms with E-state index in [9.17, 15) is 9.90 Å². The lowest BCUT2D eigenvalue weighted by molar-refractivity contribution is 0.121. The number of tetrazole rings is 1. The van der Waals surface area contributed by atoms with Crippen LogP contribution in [0, 0.1) is 0 Å². The summed E-state index contributed by atoms with van der Waals surface area (Å²) in [5.41, 5.74) is 1.52. The number of nitrogens with zero attached hydrogens (tertiary/aromatic N) is 5. The number of piperidine rings is 1. The van der Waals surface area contributed by atoms with E-state index >= 15 is 0 Å². The quantitative estimate of drug-likeness (QED) is 0.650. The Hall–Kier alpha value is -3.62. The summed E-state index contributed by atoms with van der Waals surface area (Å²) in [5.74, 6) is 1.99. The van der Waals surface area contributed by atoms with Crippen LogP contribution in [0.2, 0.25) is 0 Å². The van der Waals surface area contributed by atoms with Crippen LogP contribution in [0.3, 0.4) is 0 Å². The fourth-order valence-corrected chi connectivity index (χ4v) is 4.10. The van der Waals surface area contributed by atoms with E-state index in [0.29, 0.717) is 49.8 Å².